The Morgan fingerprint density at radius 2 is 2.29 bits per heavy atom. The van der Waals surface area contributed by atoms with Gasteiger partial charge in [-0.3, -0.25) is 4.98 Å². The molecule has 14 heavy (non-hydrogen) atoms. The molecule has 0 spiro atoms. The van der Waals surface area contributed by atoms with E-state index < -0.39 is 9.05 Å². The summed E-state index contributed by atoms with van der Waals surface area (Å²) in [5.74, 6) is -0.268. The second kappa shape index (κ2) is 3.25. The molecule has 0 unspecified atom stereocenters. The SMILES string of the molecule is O=S(=O)(Cl)Cc1cc2ccoc2cn1. The summed E-state index contributed by atoms with van der Waals surface area (Å²) in [5, 5.41) is 0.815. The number of halogens is 1. The summed E-state index contributed by atoms with van der Waals surface area (Å²) >= 11 is 0. The highest BCUT2D eigenvalue weighted by molar-refractivity contribution is 8.13. The van der Waals surface area contributed by atoms with E-state index in [1.54, 1.807) is 12.1 Å². The van der Waals surface area contributed by atoms with Crippen molar-refractivity contribution in [3.63, 3.8) is 0 Å². The quantitative estimate of drug-likeness (QED) is 0.741. The van der Waals surface area contributed by atoms with E-state index in [1.807, 2.05) is 0 Å². The minimum absolute atomic E-state index is 0.268. The van der Waals surface area contributed by atoms with Gasteiger partial charge in [-0.15, -0.1) is 0 Å². The van der Waals surface area contributed by atoms with Crippen LogP contribution in [0.5, 0.6) is 0 Å². The number of nitrogens with zero attached hydrogens (tertiary/aromatic N) is 1. The molecule has 0 aliphatic heterocycles. The Balaban J connectivity index is 2.44. The van der Waals surface area contributed by atoms with E-state index in [0.29, 0.717) is 11.3 Å². The Hall–Kier alpha value is -1.07. The van der Waals surface area contributed by atoms with Gasteiger partial charge >= 0.3 is 0 Å². The average Bonchev–Trinajstić information content (AvgIpc) is 2.47. The number of hydrogen-bond acceptors (Lipinski definition) is 4. The lowest BCUT2D eigenvalue weighted by Gasteiger charge is -1.96. The Kier molecular flexibility index (Phi) is 2.20. The molecule has 0 radical (unpaired) electrons. The van der Waals surface area contributed by atoms with Gasteiger partial charge in [-0.25, -0.2) is 8.42 Å². The molecule has 0 saturated carbocycles. The van der Waals surface area contributed by atoms with Crippen molar-refractivity contribution in [3.8, 4) is 0 Å². The van der Waals surface area contributed by atoms with Gasteiger partial charge in [-0.05, 0) is 12.1 Å². The summed E-state index contributed by atoms with van der Waals surface area (Å²) in [5.41, 5.74) is 1.04. The van der Waals surface area contributed by atoms with Gasteiger partial charge in [0.05, 0.1) is 18.2 Å². The molecule has 6 heteroatoms. The molecule has 0 aliphatic carbocycles. The van der Waals surface area contributed by atoms with Gasteiger partial charge in [0.15, 0.2) is 5.58 Å². The minimum atomic E-state index is -3.55. The van der Waals surface area contributed by atoms with E-state index in [0.717, 1.165) is 5.39 Å². The molecular weight excluding hydrogens is 226 g/mol. The van der Waals surface area contributed by atoms with Crippen LogP contribution in [0.2, 0.25) is 0 Å². The van der Waals surface area contributed by atoms with Crippen molar-refractivity contribution in [1.29, 1.82) is 0 Å². The highest BCUT2D eigenvalue weighted by Gasteiger charge is 2.09. The first-order valence-electron chi connectivity index (χ1n) is 3.79. The van der Waals surface area contributed by atoms with Crippen molar-refractivity contribution in [2.24, 2.45) is 0 Å². The maximum absolute atomic E-state index is 10.8. The molecule has 0 aliphatic rings. The second-order valence-corrected chi connectivity index (χ2v) is 5.59. The second-order valence-electron chi connectivity index (χ2n) is 2.82. The standard InChI is InChI=1S/C8H6ClNO3S/c9-14(11,12)5-7-3-6-1-2-13-8(6)4-10-7/h1-4H,5H2. The topological polar surface area (TPSA) is 60.2 Å². The molecule has 0 aromatic carbocycles. The first-order chi connectivity index (χ1) is 6.54. The molecule has 2 heterocycles. The van der Waals surface area contributed by atoms with Crippen LogP contribution in [0.25, 0.3) is 11.0 Å². The van der Waals surface area contributed by atoms with E-state index in [-0.39, 0.29) is 5.75 Å². The summed E-state index contributed by atoms with van der Waals surface area (Å²) in [7, 11) is 1.55. The predicted octanol–water partition coefficient (Wildman–Crippen LogP) is 1.90. The molecule has 0 amide bonds. The fourth-order valence-corrected chi connectivity index (χ4v) is 2.02. The Morgan fingerprint density at radius 3 is 3.00 bits per heavy atom. The van der Waals surface area contributed by atoms with Gasteiger partial charge in [-0.1, -0.05) is 0 Å². The molecular formula is C8H6ClNO3S. The average molecular weight is 232 g/mol. The lowest BCUT2D eigenvalue weighted by Crippen LogP contribution is -1.97. The van der Waals surface area contributed by atoms with Crippen LogP contribution < -0.4 is 0 Å². The summed E-state index contributed by atoms with van der Waals surface area (Å²) in [6.45, 7) is 0. The Labute approximate surface area is 84.9 Å². The largest absolute Gasteiger partial charge is 0.463 e. The maximum atomic E-state index is 10.8. The first kappa shape index (κ1) is 9.48. The minimum Gasteiger partial charge on any atom is -0.463 e. The fourth-order valence-electron chi connectivity index (χ4n) is 1.17. The van der Waals surface area contributed by atoms with Gasteiger partial charge in [0.2, 0.25) is 9.05 Å². The van der Waals surface area contributed by atoms with Crippen LogP contribution in [0, 0.1) is 0 Å². The van der Waals surface area contributed by atoms with E-state index >= 15 is 0 Å². The molecule has 74 valence electrons. The van der Waals surface area contributed by atoms with E-state index in [4.69, 9.17) is 15.1 Å². The zero-order chi connectivity index (χ0) is 10.2. The van der Waals surface area contributed by atoms with Gasteiger partial charge in [0.25, 0.3) is 0 Å². The highest BCUT2D eigenvalue weighted by Crippen LogP contribution is 2.16. The number of hydrogen-bond donors (Lipinski definition) is 0. The molecule has 2 aromatic rings. The molecule has 4 nitrogen and oxygen atoms in total. The zero-order valence-electron chi connectivity index (χ0n) is 6.97. The third kappa shape index (κ3) is 2.05. The van der Waals surface area contributed by atoms with Crippen molar-refractivity contribution < 1.29 is 12.8 Å². The predicted molar refractivity (Wildman–Crippen MR) is 52.5 cm³/mol. The van der Waals surface area contributed by atoms with E-state index in [9.17, 15) is 8.42 Å². The molecule has 0 N–H and O–H groups in total. The van der Waals surface area contributed by atoms with Crippen molar-refractivity contribution in [2.75, 3.05) is 0 Å². The van der Waals surface area contributed by atoms with Crippen LogP contribution in [-0.2, 0) is 14.8 Å². The Morgan fingerprint density at radius 1 is 1.50 bits per heavy atom. The molecule has 2 aromatic heterocycles. The van der Waals surface area contributed by atoms with Crippen LogP contribution in [0.1, 0.15) is 5.69 Å². The Bertz CT molecular complexity index is 561. The lowest BCUT2D eigenvalue weighted by atomic mass is 10.3. The van der Waals surface area contributed by atoms with Crippen LogP contribution in [-0.4, -0.2) is 13.4 Å². The van der Waals surface area contributed by atoms with Crippen molar-refractivity contribution in [3.05, 3.63) is 30.3 Å². The van der Waals surface area contributed by atoms with Gasteiger partial charge in [-0.2, -0.15) is 0 Å². The van der Waals surface area contributed by atoms with Crippen molar-refractivity contribution >= 4 is 30.7 Å². The zero-order valence-corrected chi connectivity index (χ0v) is 8.55. The van der Waals surface area contributed by atoms with Gasteiger partial charge in [0, 0.05) is 16.1 Å². The number of rotatable bonds is 2. The van der Waals surface area contributed by atoms with Crippen LogP contribution in [0.3, 0.4) is 0 Å². The molecule has 0 bridgehead atoms. The number of pyridine rings is 1. The maximum Gasteiger partial charge on any atom is 0.238 e. The van der Waals surface area contributed by atoms with Crippen LogP contribution >= 0.6 is 10.7 Å². The molecule has 2 rings (SSSR count). The number of aromatic nitrogens is 1. The lowest BCUT2D eigenvalue weighted by molar-refractivity contribution is 0.607. The molecule has 0 atom stereocenters. The highest BCUT2D eigenvalue weighted by atomic mass is 35.7. The molecule has 0 fully saturated rings. The van der Waals surface area contributed by atoms with Gasteiger partial charge in [0.1, 0.15) is 5.75 Å². The van der Waals surface area contributed by atoms with Crippen LogP contribution in [0.4, 0.5) is 0 Å². The summed E-state index contributed by atoms with van der Waals surface area (Å²) in [6, 6.07) is 3.38. The number of furan rings is 1. The monoisotopic (exact) mass is 231 g/mol. The number of fused-ring (bicyclic) bond motifs is 1. The van der Waals surface area contributed by atoms with Crippen LogP contribution in [0.15, 0.2) is 29.0 Å². The van der Waals surface area contributed by atoms with E-state index in [2.05, 4.69) is 4.98 Å². The molecule has 0 saturated heterocycles. The normalized spacial score (nSPS) is 12.1. The third-order valence-electron chi connectivity index (χ3n) is 1.72. The fraction of sp³-hybridized carbons (Fsp3) is 0.125. The summed E-state index contributed by atoms with van der Waals surface area (Å²) in [4.78, 5) is 3.91. The summed E-state index contributed by atoms with van der Waals surface area (Å²) in [6.07, 6.45) is 3.00. The van der Waals surface area contributed by atoms with Crippen molar-refractivity contribution in [1.82, 2.24) is 4.98 Å². The van der Waals surface area contributed by atoms with E-state index in [1.165, 1.54) is 12.5 Å². The third-order valence-corrected chi connectivity index (χ3v) is 2.69. The first-order valence-corrected chi connectivity index (χ1v) is 6.27. The van der Waals surface area contributed by atoms with Crippen molar-refractivity contribution in [2.45, 2.75) is 5.75 Å². The summed E-state index contributed by atoms with van der Waals surface area (Å²) < 4.78 is 26.6. The van der Waals surface area contributed by atoms with Gasteiger partial charge < -0.3 is 4.42 Å². The smallest absolute Gasteiger partial charge is 0.238 e.